The van der Waals surface area contributed by atoms with Gasteiger partial charge in [-0.05, 0) is 24.8 Å². The van der Waals surface area contributed by atoms with Crippen molar-refractivity contribution < 1.29 is 8.42 Å². The summed E-state index contributed by atoms with van der Waals surface area (Å²) in [4.78, 5) is 11.0. The van der Waals surface area contributed by atoms with Crippen LogP contribution in [0.4, 0.5) is 5.82 Å². The van der Waals surface area contributed by atoms with Gasteiger partial charge in [-0.3, -0.25) is 4.90 Å². The molecule has 0 aliphatic carbocycles. The standard InChI is InChI=1S/C15H23N5O2S2/c1-11-9-23-14-13(11)16-10-17-15(14)18-12(2)8-19-4-6-20(7-5-19)24(3,21)22/h9-10,12H,4-8H2,1-3H3,(H,16,17,18)/t12-/m0/s1. The molecule has 0 unspecified atom stereocenters. The van der Waals surface area contributed by atoms with E-state index in [0.29, 0.717) is 13.1 Å². The molecule has 0 saturated carbocycles. The molecule has 1 N–H and O–H groups in total. The highest BCUT2D eigenvalue weighted by molar-refractivity contribution is 7.88. The summed E-state index contributed by atoms with van der Waals surface area (Å²) in [7, 11) is -3.07. The molecule has 1 atom stereocenters. The number of hydrogen-bond donors (Lipinski definition) is 1. The second-order valence-corrected chi connectivity index (χ2v) is 9.19. The molecular formula is C15H23N5O2S2. The number of aryl methyl sites for hydroxylation is 1. The molecule has 132 valence electrons. The number of anilines is 1. The van der Waals surface area contributed by atoms with E-state index in [1.54, 1.807) is 22.0 Å². The topological polar surface area (TPSA) is 78.4 Å². The molecule has 1 fully saturated rings. The van der Waals surface area contributed by atoms with Gasteiger partial charge in [0.1, 0.15) is 12.1 Å². The van der Waals surface area contributed by atoms with E-state index in [2.05, 4.69) is 39.4 Å². The summed E-state index contributed by atoms with van der Waals surface area (Å²) in [6.07, 6.45) is 2.87. The maximum absolute atomic E-state index is 11.6. The van der Waals surface area contributed by atoms with Gasteiger partial charge in [0.05, 0.1) is 16.5 Å². The predicted molar refractivity (Wildman–Crippen MR) is 98.1 cm³/mol. The summed E-state index contributed by atoms with van der Waals surface area (Å²) in [5, 5.41) is 5.57. The van der Waals surface area contributed by atoms with Gasteiger partial charge in [-0.2, -0.15) is 4.31 Å². The number of piperazine rings is 1. The van der Waals surface area contributed by atoms with Gasteiger partial charge < -0.3 is 5.32 Å². The van der Waals surface area contributed by atoms with E-state index >= 15 is 0 Å². The highest BCUT2D eigenvalue weighted by Crippen LogP contribution is 2.28. The van der Waals surface area contributed by atoms with Crippen LogP contribution < -0.4 is 5.32 Å². The van der Waals surface area contributed by atoms with Gasteiger partial charge in [-0.1, -0.05) is 0 Å². The highest BCUT2D eigenvalue weighted by Gasteiger charge is 2.24. The summed E-state index contributed by atoms with van der Waals surface area (Å²) in [6, 6.07) is 0.218. The molecule has 7 nitrogen and oxygen atoms in total. The van der Waals surface area contributed by atoms with Crippen molar-refractivity contribution in [2.24, 2.45) is 0 Å². The normalized spacial score (nSPS) is 18.8. The molecule has 3 heterocycles. The lowest BCUT2D eigenvalue weighted by Gasteiger charge is -2.34. The lowest BCUT2D eigenvalue weighted by Crippen LogP contribution is -2.50. The number of aromatic nitrogens is 2. The highest BCUT2D eigenvalue weighted by atomic mass is 32.2. The molecule has 0 bridgehead atoms. The fourth-order valence-electron chi connectivity index (χ4n) is 2.98. The molecule has 1 saturated heterocycles. The van der Waals surface area contributed by atoms with Gasteiger partial charge in [0.2, 0.25) is 10.0 Å². The second-order valence-electron chi connectivity index (χ2n) is 6.33. The van der Waals surface area contributed by atoms with E-state index in [0.717, 1.165) is 35.7 Å². The quantitative estimate of drug-likeness (QED) is 0.858. The predicted octanol–water partition coefficient (Wildman–Crippen LogP) is 1.38. The molecule has 0 spiro atoms. The van der Waals surface area contributed by atoms with E-state index in [9.17, 15) is 8.42 Å². The number of rotatable bonds is 5. The largest absolute Gasteiger partial charge is 0.365 e. The minimum Gasteiger partial charge on any atom is -0.365 e. The van der Waals surface area contributed by atoms with Crippen LogP contribution in [-0.4, -0.2) is 72.6 Å². The fourth-order valence-corrected chi connectivity index (χ4v) is 4.76. The molecular weight excluding hydrogens is 346 g/mol. The first-order valence-electron chi connectivity index (χ1n) is 7.97. The molecule has 24 heavy (non-hydrogen) atoms. The van der Waals surface area contributed by atoms with E-state index in [-0.39, 0.29) is 6.04 Å². The molecule has 1 aliphatic rings. The van der Waals surface area contributed by atoms with Crippen LogP contribution in [0.3, 0.4) is 0 Å². The van der Waals surface area contributed by atoms with E-state index < -0.39 is 10.0 Å². The molecule has 2 aromatic heterocycles. The van der Waals surface area contributed by atoms with Gasteiger partial charge in [-0.25, -0.2) is 18.4 Å². The maximum atomic E-state index is 11.6. The Morgan fingerprint density at radius 2 is 2.00 bits per heavy atom. The minimum atomic E-state index is -3.07. The Bertz CT molecular complexity index is 812. The third kappa shape index (κ3) is 3.85. The van der Waals surface area contributed by atoms with Crippen molar-refractivity contribution in [1.29, 1.82) is 0 Å². The molecule has 1 aliphatic heterocycles. The van der Waals surface area contributed by atoms with Crippen molar-refractivity contribution in [2.75, 3.05) is 44.3 Å². The summed E-state index contributed by atoms with van der Waals surface area (Å²) in [5.41, 5.74) is 2.18. The summed E-state index contributed by atoms with van der Waals surface area (Å²) < 4.78 is 25.8. The summed E-state index contributed by atoms with van der Waals surface area (Å²) >= 11 is 1.66. The average molecular weight is 370 g/mol. The van der Waals surface area contributed by atoms with Crippen molar-refractivity contribution in [1.82, 2.24) is 19.2 Å². The fraction of sp³-hybridized carbons (Fsp3) is 0.600. The van der Waals surface area contributed by atoms with Gasteiger partial charge in [0, 0.05) is 38.8 Å². The number of nitrogens with one attached hydrogen (secondary N) is 1. The van der Waals surface area contributed by atoms with Gasteiger partial charge in [0.15, 0.2) is 0 Å². The van der Waals surface area contributed by atoms with Gasteiger partial charge >= 0.3 is 0 Å². The van der Waals surface area contributed by atoms with Crippen LogP contribution in [0.2, 0.25) is 0 Å². The van der Waals surface area contributed by atoms with Gasteiger partial charge in [-0.15, -0.1) is 11.3 Å². The molecule has 9 heteroatoms. The van der Waals surface area contributed by atoms with Gasteiger partial charge in [0.25, 0.3) is 0 Å². The Labute approximate surface area is 146 Å². The maximum Gasteiger partial charge on any atom is 0.211 e. The number of nitrogens with zero attached hydrogens (tertiary/aromatic N) is 4. The molecule has 2 aromatic rings. The Balaban J connectivity index is 1.59. The smallest absolute Gasteiger partial charge is 0.211 e. The van der Waals surface area contributed by atoms with Crippen molar-refractivity contribution in [3.8, 4) is 0 Å². The lowest BCUT2D eigenvalue weighted by atomic mass is 10.2. The first-order valence-corrected chi connectivity index (χ1v) is 10.7. The van der Waals surface area contributed by atoms with Crippen molar-refractivity contribution in [3.63, 3.8) is 0 Å². The first-order chi connectivity index (χ1) is 11.3. The SMILES string of the molecule is Cc1csc2c(N[C@@H](C)CN3CCN(S(C)(=O)=O)CC3)ncnc12. The van der Waals surface area contributed by atoms with E-state index in [1.807, 2.05) is 0 Å². The third-order valence-corrected chi connectivity index (χ3v) is 6.64. The zero-order valence-corrected chi connectivity index (χ0v) is 15.8. The number of sulfonamides is 1. The first kappa shape index (κ1) is 17.5. The van der Waals surface area contributed by atoms with Crippen LogP contribution in [0.5, 0.6) is 0 Å². The minimum absolute atomic E-state index is 0.218. The summed E-state index contributed by atoms with van der Waals surface area (Å²) in [6.45, 7) is 7.68. The van der Waals surface area contributed by atoms with Crippen molar-refractivity contribution >= 4 is 37.4 Å². The average Bonchev–Trinajstić information content (AvgIpc) is 2.90. The van der Waals surface area contributed by atoms with Crippen LogP contribution in [0.25, 0.3) is 10.2 Å². The molecule has 0 amide bonds. The number of hydrogen-bond acceptors (Lipinski definition) is 7. The molecule has 0 radical (unpaired) electrons. The van der Waals surface area contributed by atoms with Crippen LogP contribution in [0, 0.1) is 6.92 Å². The lowest BCUT2D eigenvalue weighted by molar-refractivity contribution is 0.185. The monoisotopic (exact) mass is 369 g/mol. The van der Waals surface area contributed by atoms with Crippen molar-refractivity contribution in [2.45, 2.75) is 19.9 Å². The Morgan fingerprint density at radius 1 is 1.29 bits per heavy atom. The van der Waals surface area contributed by atoms with Crippen LogP contribution in [0.1, 0.15) is 12.5 Å². The number of fused-ring (bicyclic) bond motifs is 1. The molecule has 0 aromatic carbocycles. The molecule has 3 rings (SSSR count). The zero-order chi connectivity index (χ0) is 17.3. The van der Waals surface area contributed by atoms with E-state index in [4.69, 9.17) is 0 Å². The third-order valence-electron chi connectivity index (χ3n) is 4.25. The summed E-state index contributed by atoms with van der Waals surface area (Å²) in [5.74, 6) is 0.875. The second kappa shape index (κ2) is 6.91. The van der Waals surface area contributed by atoms with Crippen LogP contribution >= 0.6 is 11.3 Å². The number of thiophene rings is 1. The van der Waals surface area contributed by atoms with Crippen molar-refractivity contribution in [3.05, 3.63) is 17.3 Å². The zero-order valence-electron chi connectivity index (χ0n) is 14.2. The van der Waals surface area contributed by atoms with E-state index in [1.165, 1.54) is 11.8 Å². The van der Waals surface area contributed by atoms with Crippen LogP contribution in [-0.2, 0) is 10.0 Å². The Hall–Kier alpha value is -1.29. The Morgan fingerprint density at radius 3 is 2.67 bits per heavy atom. The Kier molecular flexibility index (Phi) is 5.05. The van der Waals surface area contributed by atoms with Crippen LogP contribution in [0.15, 0.2) is 11.7 Å².